The summed E-state index contributed by atoms with van der Waals surface area (Å²) in [7, 11) is 0. The Hall–Kier alpha value is -1.65. The third kappa shape index (κ3) is 4.49. The molecule has 0 saturated carbocycles. The first-order valence-electron chi connectivity index (χ1n) is 10.1. The fraction of sp³-hybridized carbons (Fsp3) is 0.478. The van der Waals surface area contributed by atoms with Gasteiger partial charge in [0.2, 0.25) is 5.28 Å². The van der Waals surface area contributed by atoms with Crippen LogP contribution in [0.15, 0.2) is 24.3 Å². The molecule has 0 aliphatic rings. The number of hydrogen-bond donors (Lipinski definition) is 0. The van der Waals surface area contributed by atoms with Crippen LogP contribution in [0.4, 0.5) is 5.82 Å². The molecule has 2 heterocycles. The van der Waals surface area contributed by atoms with E-state index in [4.69, 9.17) is 16.6 Å². The highest BCUT2D eigenvalue weighted by atomic mass is 35.5. The van der Waals surface area contributed by atoms with Crippen LogP contribution in [0.2, 0.25) is 5.28 Å². The van der Waals surface area contributed by atoms with Gasteiger partial charge in [-0.25, -0.2) is 4.98 Å². The van der Waals surface area contributed by atoms with Crippen LogP contribution in [-0.2, 0) is 6.42 Å². The first-order valence-corrected chi connectivity index (χ1v) is 11.3. The number of aryl methyl sites for hydroxylation is 2. The van der Waals surface area contributed by atoms with Gasteiger partial charge in [-0.1, -0.05) is 64.4 Å². The normalized spacial score (nSPS) is 11.8. The van der Waals surface area contributed by atoms with Crippen molar-refractivity contribution in [3.05, 3.63) is 40.0 Å². The van der Waals surface area contributed by atoms with Crippen molar-refractivity contribution in [1.82, 2.24) is 9.97 Å². The highest BCUT2D eigenvalue weighted by Crippen LogP contribution is 2.43. The summed E-state index contributed by atoms with van der Waals surface area (Å²) in [5.41, 5.74) is 3.77. The van der Waals surface area contributed by atoms with Gasteiger partial charge in [-0.05, 0) is 42.3 Å². The zero-order valence-corrected chi connectivity index (χ0v) is 19.3. The molecule has 0 atom stereocenters. The lowest BCUT2D eigenvalue weighted by Crippen LogP contribution is -2.32. The highest BCUT2D eigenvalue weighted by Gasteiger charge is 2.23. The summed E-state index contributed by atoms with van der Waals surface area (Å²) in [6.45, 7) is 15.2. The van der Waals surface area contributed by atoms with Crippen molar-refractivity contribution in [3.8, 4) is 11.1 Å². The molecule has 0 aliphatic heterocycles. The van der Waals surface area contributed by atoms with Crippen molar-refractivity contribution < 1.29 is 0 Å². The molecule has 1 aromatic carbocycles. The van der Waals surface area contributed by atoms with E-state index < -0.39 is 0 Å². The summed E-state index contributed by atoms with van der Waals surface area (Å²) >= 11 is 8.11. The zero-order chi connectivity index (χ0) is 20.4. The average molecular weight is 416 g/mol. The molecule has 150 valence electrons. The van der Waals surface area contributed by atoms with Crippen LogP contribution >= 0.6 is 22.9 Å². The van der Waals surface area contributed by atoms with Crippen LogP contribution in [0.3, 0.4) is 0 Å². The van der Waals surface area contributed by atoms with Gasteiger partial charge < -0.3 is 4.90 Å². The molecule has 5 heteroatoms. The topological polar surface area (TPSA) is 29.0 Å². The van der Waals surface area contributed by atoms with Crippen LogP contribution in [0.1, 0.15) is 45.1 Å². The van der Waals surface area contributed by atoms with Crippen LogP contribution in [0.5, 0.6) is 0 Å². The molecule has 0 spiro atoms. The summed E-state index contributed by atoms with van der Waals surface area (Å²) in [5, 5.41) is 1.48. The van der Waals surface area contributed by atoms with Crippen molar-refractivity contribution in [2.75, 3.05) is 18.0 Å². The summed E-state index contributed by atoms with van der Waals surface area (Å²) in [5.74, 6) is 2.05. The lowest BCUT2D eigenvalue weighted by molar-refractivity contribution is 0.550. The Morgan fingerprint density at radius 2 is 1.61 bits per heavy atom. The summed E-state index contributed by atoms with van der Waals surface area (Å²) in [6.07, 6.45) is 0.968. The number of rotatable bonds is 7. The van der Waals surface area contributed by atoms with Crippen LogP contribution < -0.4 is 4.90 Å². The van der Waals surface area contributed by atoms with Gasteiger partial charge in [0.15, 0.2) is 0 Å². The van der Waals surface area contributed by atoms with Crippen molar-refractivity contribution in [2.45, 2.75) is 48.0 Å². The first-order chi connectivity index (χ1) is 13.3. The Labute approximate surface area is 177 Å². The van der Waals surface area contributed by atoms with Gasteiger partial charge in [0.25, 0.3) is 0 Å². The molecule has 3 rings (SSSR count). The van der Waals surface area contributed by atoms with Crippen LogP contribution in [-0.4, -0.2) is 23.1 Å². The molecule has 0 fully saturated rings. The number of thiophene rings is 1. The number of halogens is 1. The smallest absolute Gasteiger partial charge is 0.225 e. The maximum Gasteiger partial charge on any atom is 0.225 e. The number of benzene rings is 1. The van der Waals surface area contributed by atoms with Crippen LogP contribution in [0.25, 0.3) is 21.3 Å². The number of aromatic nitrogens is 2. The molecule has 3 nitrogen and oxygen atoms in total. The minimum atomic E-state index is 0.333. The second-order valence-corrected chi connectivity index (χ2v) is 9.73. The molecule has 28 heavy (non-hydrogen) atoms. The predicted octanol–water partition coefficient (Wildman–Crippen LogP) is 7.00. The van der Waals surface area contributed by atoms with Gasteiger partial charge in [0, 0.05) is 23.5 Å². The Morgan fingerprint density at radius 1 is 1.00 bits per heavy atom. The van der Waals surface area contributed by atoms with Gasteiger partial charge in [0.1, 0.15) is 10.6 Å². The van der Waals surface area contributed by atoms with E-state index in [0.717, 1.165) is 35.5 Å². The van der Waals surface area contributed by atoms with Gasteiger partial charge in [0.05, 0.1) is 5.39 Å². The number of nitrogens with zero attached hydrogens (tertiary/aromatic N) is 3. The van der Waals surface area contributed by atoms with E-state index in [1.165, 1.54) is 21.6 Å². The van der Waals surface area contributed by atoms with Crippen molar-refractivity contribution in [1.29, 1.82) is 0 Å². The molecule has 0 unspecified atom stereocenters. The van der Waals surface area contributed by atoms with Gasteiger partial charge >= 0.3 is 0 Å². The zero-order valence-electron chi connectivity index (χ0n) is 17.7. The van der Waals surface area contributed by atoms with Crippen molar-refractivity contribution >= 4 is 39.0 Å². The summed E-state index contributed by atoms with van der Waals surface area (Å²) in [4.78, 5) is 14.1. The van der Waals surface area contributed by atoms with E-state index >= 15 is 0 Å². The molecular weight excluding hydrogens is 386 g/mol. The average Bonchev–Trinajstić information content (AvgIpc) is 2.98. The summed E-state index contributed by atoms with van der Waals surface area (Å²) in [6, 6.07) is 8.77. The second-order valence-electron chi connectivity index (χ2n) is 8.31. The standard InChI is InChI=1S/C23H30ClN3S/c1-7-18-19(17-10-8-16(6)9-11-17)20-21(25-23(24)26-22(20)28-18)27(12-14(2)3)13-15(4)5/h8-11,14-15H,7,12-13H2,1-6H3. The SMILES string of the molecule is CCc1sc2nc(Cl)nc(N(CC(C)C)CC(C)C)c2c1-c1ccc(C)cc1. The van der Waals surface area contributed by atoms with Crippen molar-refractivity contribution in [3.63, 3.8) is 0 Å². The van der Waals surface area contributed by atoms with Crippen molar-refractivity contribution in [2.24, 2.45) is 11.8 Å². The van der Waals surface area contributed by atoms with E-state index in [2.05, 4.69) is 75.7 Å². The minimum absolute atomic E-state index is 0.333. The minimum Gasteiger partial charge on any atom is -0.355 e. The van der Waals surface area contributed by atoms with E-state index in [1.54, 1.807) is 11.3 Å². The quantitative estimate of drug-likeness (QED) is 0.389. The van der Waals surface area contributed by atoms with Gasteiger partial charge in [-0.3, -0.25) is 0 Å². The van der Waals surface area contributed by atoms with Gasteiger partial charge in [-0.2, -0.15) is 4.98 Å². The molecule has 0 aliphatic carbocycles. The molecule has 0 amide bonds. The van der Waals surface area contributed by atoms with Crippen LogP contribution in [0, 0.1) is 18.8 Å². The lowest BCUT2D eigenvalue weighted by atomic mass is 10.0. The second kappa shape index (κ2) is 8.79. The maximum atomic E-state index is 6.37. The monoisotopic (exact) mass is 415 g/mol. The molecule has 3 aromatic rings. The third-order valence-electron chi connectivity index (χ3n) is 4.71. The molecule has 0 N–H and O–H groups in total. The Bertz CT molecular complexity index is 935. The van der Waals surface area contributed by atoms with E-state index in [-0.39, 0.29) is 0 Å². The number of fused-ring (bicyclic) bond motifs is 1. The number of anilines is 1. The van der Waals surface area contributed by atoms with E-state index in [1.807, 2.05) is 0 Å². The van der Waals surface area contributed by atoms with E-state index in [0.29, 0.717) is 17.1 Å². The highest BCUT2D eigenvalue weighted by molar-refractivity contribution is 7.19. The van der Waals surface area contributed by atoms with Gasteiger partial charge in [-0.15, -0.1) is 11.3 Å². The predicted molar refractivity (Wildman–Crippen MR) is 124 cm³/mol. The number of hydrogen-bond acceptors (Lipinski definition) is 4. The lowest BCUT2D eigenvalue weighted by Gasteiger charge is -2.28. The molecule has 0 radical (unpaired) electrons. The molecule has 0 saturated heterocycles. The largest absolute Gasteiger partial charge is 0.355 e. The Kier molecular flexibility index (Phi) is 6.61. The first kappa shape index (κ1) is 21.1. The Morgan fingerprint density at radius 3 is 2.14 bits per heavy atom. The summed E-state index contributed by atoms with van der Waals surface area (Å²) < 4.78 is 0. The molecular formula is C23H30ClN3S. The third-order valence-corrected chi connectivity index (χ3v) is 6.11. The molecule has 2 aromatic heterocycles. The fourth-order valence-electron chi connectivity index (χ4n) is 3.64. The maximum absolute atomic E-state index is 6.37. The molecule has 0 bridgehead atoms. The Balaban J connectivity index is 2.29. The van der Waals surface area contributed by atoms with E-state index in [9.17, 15) is 0 Å². The fourth-order valence-corrected chi connectivity index (χ4v) is 4.98.